The predicted molar refractivity (Wildman–Crippen MR) is 103 cm³/mol. The Hall–Kier alpha value is -2.22. The van der Waals surface area contributed by atoms with Crippen molar-refractivity contribution in [3.63, 3.8) is 0 Å². The van der Waals surface area contributed by atoms with Gasteiger partial charge in [0.1, 0.15) is 5.75 Å². The summed E-state index contributed by atoms with van der Waals surface area (Å²) in [6.07, 6.45) is 1.75. The van der Waals surface area contributed by atoms with E-state index in [0.29, 0.717) is 19.8 Å². The topological polar surface area (TPSA) is 56.1 Å². The lowest BCUT2D eigenvalue weighted by Gasteiger charge is -2.21. The van der Waals surface area contributed by atoms with Gasteiger partial charge >= 0.3 is 0 Å². The average Bonchev–Trinajstić information content (AvgIpc) is 3.11. The molecule has 0 N–H and O–H groups in total. The minimum absolute atomic E-state index is 0.0426. The van der Waals surface area contributed by atoms with Gasteiger partial charge in [0.25, 0.3) is 5.56 Å². The van der Waals surface area contributed by atoms with E-state index in [9.17, 15) is 4.79 Å². The molecule has 3 rings (SSSR count). The van der Waals surface area contributed by atoms with Crippen molar-refractivity contribution in [3.8, 4) is 5.75 Å². The maximum Gasteiger partial charge on any atom is 0.258 e. The number of rotatable bonds is 9. The van der Waals surface area contributed by atoms with Crippen LogP contribution in [-0.2, 0) is 17.8 Å². The largest absolute Gasteiger partial charge is 0.494 e. The third kappa shape index (κ3) is 4.69. The van der Waals surface area contributed by atoms with Crippen LogP contribution < -0.4 is 10.3 Å². The summed E-state index contributed by atoms with van der Waals surface area (Å²) < 4.78 is 12.3. The molecule has 0 saturated heterocycles. The molecule has 3 aromatic rings. The van der Waals surface area contributed by atoms with E-state index < -0.39 is 0 Å². The molecule has 0 aliphatic carbocycles. The zero-order chi connectivity index (χ0) is 18.4. The Balaban J connectivity index is 1.75. The molecule has 26 heavy (non-hydrogen) atoms. The smallest absolute Gasteiger partial charge is 0.258 e. The number of nitrogens with zero attached hydrogens (tertiary/aromatic N) is 3. The number of hydrogen-bond acceptors (Lipinski definition) is 6. The van der Waals surface area contributed by atoms with E-state index in [4.69, 9.17) is 9.47 Å². The van der Waals surface area contributed by atoms with E-state index in [1.807, 2.05) is 24.4 Å². The first-order chi connectivity index (χ1) is 12.7. The van der Waals surface area contributed by atoms with Gasteiger partial charge < -0.3 is 9.47 Å². The number of thiazole rings is 1. The zero-order valence-corrected chi connectivity index (χ0v) is 15.9. The molecule has 0 bridgehead atoms. The highest BCUT2D eigenvalue weighted by Crippen LogP contribution is 2.15. The highest BCUT2D eigenvalue weighted by molar-refractivity contribution is 7.15. The molecular formula is C19H23N3O3S. The lowest BCUT2D eigenvalue weighted by atomic mass is 10.2. The van der Waals surface area contributed by atoms with Crippen LogP contribution in [0.2, 0.25) is 0 Å². The maximum absolute atomic E-state index is 12.2. The summed E-state index contributed by atoms with van der Waals surface area (Å²) in [6.45, 7) is 5.36. The summed E-state index contributed by atoms with van der Waals surface area (Å²) in [7, 11) is 1.69. The molecule has 0 atom stereocenters. The van der Waals surface area contributed by atoms with Crippen LogP contribution in [0.15, 0.2) is 46.7 Å². The van der Waals surface area contributed by atoms with E-state index in [0.717, 1.165) is 29.5 Å². The summed E-state index contributed by atoms with van der Waals surface area (Å²) in [5.41, 5.74) is 1.91. The Morgan fingerprint density at radius 1 is 1.23 bits per heavy atom. The highest BCUT2D eigenvalue weighted by atomic mass is 32.1. The van der Waals surface area contributed by atoms with E-state index in [2.05, 4.69) is 22.0 Å². The second-order valence-electron chi connectivity index (χ2n) is 5.92. The monoisotopic (exact) mass is 373 g/mol. The quantitative estimate of drug-likeness (QED) is 0.577. The molecule has 2 heterocycles. The second kappa shape index (κ2) is 8.93. The van der Waals surface area contributed by atoms with Crippen LogP contribution in [0.4, 0.5) is 0 Å². The Kier molecular flexibility index (Phi) is 6.38. The number of fused-ring (bicyclic) bond motifs is 1. The summed E-state index contributed by atoms with van der Waals surface area (Å²) in [6, 6.07) is 9.70. The van der Waals surface area contributed by atoms with E-state index in [1.54, 1.807) is 23.8 Å². The van der Waals surface area contributed by atoms with Gasteiger partial charge in [0.2, 0.25) is 0 Å². The zero-order valence-electron chi connectivity index (χ0n) is 15.1. The minimum atomic E-state index is -0.0426. The molecule has 0 spiro atoms. The molecule has 7 heteroatoms. The van der Waals surface area contributed by atoms with Crippen LogP contribution in [0.1, 0.15) is 18.2 Å². The molecule has 0 aliphatic rings. The van der Waals surface area contributed by atoms with Crippen molar-refractivity contribution in [1.29, 1.82) is 0 Å². The molecule has 0 fully saturated rings. The van der Waals surface area contributed by atoms with Crippen molar-refractivity contribution in [2.24, 2.45) is 0 Å². The lowest BCUT2D eigenvalue weighted by Crippen LogP contribution is -2.28. The fourth-order valence-corrected chi connectivity index (χ4v) is 3.49. The molecule has 0 saturated carbocycles. The van der Waals surface area contributed by atoms with Crippen molar-refractivity contribution in [3.05, 3.63) is 63.5 Å². The summed E-state index contributed by atoms with van der Waals surface area (Å²) in [4.78, 5) is 19.7. The van der Waals surface area contributed by atoms with E-state index in [1.165, 1.54) is 16.9 Å². The molecular weight excluding hydrogens is 350 g/mol. The Bertz CT molecular complexity index is 889. The standard InChI is InChI=1S/C19H23N3O3S/c1-3-25-17-6-4-15(5-7-17)13-21(8-10-24-2)14-16-12-18(23)22-9-11-26-19(22)20-16/h4-7,9,11-12H,3,8,10,13-14H2,1-2H3. The molecule has 1 aromatic carbocycles. The highest BCUT2D eigenvalue weighted by Gasteiger charge is 2.11. The second-order valence-corrected chi connectivity index (χ2v) is 6.79. The van der Waals surface area contributed by atoms with Gasteiger partial charge in [-0.05, 0) is 24.6 Å². The summed E-state index contributed by atoms with van der Waals surface area (Å²) >= 11 is 1.47. The number of benzene rings is 1. The SMILES string of the molecule is CCOc1ccc(CN(CCOC)Cc2cc(=O)n3ccsc3n2)cc1. The van der Waals surface area contributed by atoms with Gasteiger partial charge in [-0.15, -0.1) is 11.3 Å². The molecule has 2 aromatic heterocycles. The van der Waals surface area contributed by atoms with Crippen molar-refractivity contribution >= 4 is 16.3 Å². The van der Waals surface area contributed by atoms with Crippen LogP contribution in [0, 0.1) is 0 Å². The fourth-order valence-electron chi connectivity index (χ4n) is 2.75. The van der Waals surface area contributed by atoms with Gasteiger partial charge in [-0.2, -0.15) is 0 Å². The van der Waals surface area contributed by atoms with E-state index >= 15 is 0 Å². The van der Waals surface area contributed by atoms with Crippen molar-refractivity contribution < 1.29 is 9.47 Å². The number of ether oxygens (including phenoxy) is 2. The summed E-state index contributed by atoms with van der Waals surface area (Å²) in [5.74, 6) is 0.873. The van der Waals surface area contributed by atoms with Crippen molar-refractivity contribution in [2.45, 2.75) is 20.0 Å². The fraction of sp³-hybridized carbons (Fsp3) is 0.368. The molecule has 6 nitrogen and oxygen atoms in total. The van der Waals surface area contributed by atoms with Crippen LogP contribution in [0.3, 0.4) is 0 Å². The van der Waals surface area contributed by atoms with Gasteiger partial charge in [0.05, 0.1) is 18.9 Å². The van der Waals surface area contributed by atoms with Crippen LogP contribution >= 0.6 is 11.3 Å². The van der Waals surface area contributed by atoms with Gasteiger partial charge in [-0.1, -0.05) is 12.1 Å². The van der Waals surface area contributed by atoms with Gasteiger partial charge in [0.15, 0.2) is 4.96 Å². The minimum Gasteiger partial charge on any atom is -0.494 e. The first-order valence-electron chi connectivity index (χ1n) is 8.58. The normalized spacial score (nSPS) is 11.3. The first-order valence-corrected chi connectivity index (χ1v) is 9.46. The van der Waals surface area contributed by atoms with Gasteiger partial charge in [-0.25, -0.2) is 4.98 Å². The van der Waals surface area contributed by atoms with Crippen LogP contribution in [0.5, 0.6) is 5.75 Å². The van der Waals surface area contributed by atoms with E-state index in [-0.39, 0.29) is 5.56 Å². The van der Waals surface area contributed by atoms with Crippen molar-refractivity contribution in [2.75, 3.05) is 26.9 Å². The lowest BCUT2D eigenvalue weighted by molar-refractivity contribution is 0.139. The number of methoxy groups -OCH3 is 1. The average molecular weight is 373 g/mol. The predicted octanol–water partition coefficient (Wildman–Crippen LogP) is 2.80. The molecule has 0 unspecified atom stereocenters. The number of aromatic nitrogens is 2. The Labute approximate surface area is 156 Å². The van der Waals surface area contributed by atoms with Gasteiger partial charge in [0, 0.05) is 44.4 Å². The Morgan fingerprint density at radius 3 is 2.77 bits per heavy atom. The first kappa shape index (κ1) is 18.6. The van der Waals surface area contributed by atoms with Gasteiger partial charge in [-0.3, -0.25) is 14.1 Å². The third-order valence-corrected chi connectivity index (χ3v) is 4.75. The molecule has 0 radical (unpaired) electrons. The van der Waals surface area contributed by atoms with Crippen LogP contribution in [0.25, 0.3) is 4.96 Å². The maximum atomic E-state index is 12.2. The Morgan fingerprint density at radius 2 is 2.04 bits per heavy atom. The van der Waals surface area contributed by atoms with Crippen LogP contribution in [-0.4, -0.2) is 41.2 Å². The van der Waals surface area contributed by atoms with Crippen molar-refractivity contribution in [1.82, 2.24) is 14.3 Å². The molecule has 0 aliphatic heterocycles. The molecule has 138 valence electrons. The summed E-state index contributed by atoms with van der Waals surface area (Å²) in [5, 5.41) is 1.87. The molecule has 0 amide bonds. The third-order valence-electron chi connectivity index (χ3n) is 3.99. The number of hydrogen-bond donors (Lipinski definition) is 0.